The Bertz CT molecular complexity index is 137. The SMILES string of the molecule is C=CC(=C)C(N)=NO. The molecule has 0 rings (SSSR count). The van der Waals surface area contributed by atoms with E-state index in [4.69, 9.17) is 10.9 Å². The first-order chi connectivity index (χ1) is 3.72. The van der Waals surface area contributed by atoms with Crippen molar-refractivity contribution in [3.63, 3.8) is 0 Å². The molecular weight excluding hydrogens is 104 g/mol. The number of oxime groups is 1. The molecule has 0 fully saturated rings. The van der Waals surface area contributed by atoms with E-state index in [9.17, 15) is 0 Å². The third-order valence-corrected chi connectivity index (χ3v) is 0.683. The Morgan fingerprint density at radius 1 is 1.75 bits per heavy atom. The second-order valence-corrected chi connectivity index (χ2v) is 1.21. The average Bonchev–Trinajstić information content (AvgIpc) is 1.84. The quantitative estimate of drug-likeness (QED) is 0.179. The minimum atomic E-state index is 0.000000000000000222. The molecule has 0 atom stereocenters. The Labute approximate surface area is 47.8 Å². The third kappa shape index (κ3) is 1.47. The minimum absolute atomic E-state index is 0.000000000000000222. The van der Waals surface area contributed by atoms with Crippen molar-refractivity contribution in [2.24, 2.45) is 10.9 Å². The number of nitrogens with two attached hydrogens (primary N) is 1. The summed E-state index contributed by atoms with van der Waals surface area (Å²) in [7, 11) is 0. The van der Waals surface area contributed by atoms with E-state index in [0.29, 0.717) is 5.57 Å². The van der Waals surface area contributed by atoms with Gasteiger partial charge in [-0.1, -0.05) is 24.4 Å². The Hall–Kier alpha value is -1.25. The Morgan fingerprint density at radius 2 is 2.25 bits per heavy atom. The monoisotopic (exact) mass is 112 g/mol. The fraction of sp³-hybridized carbons (Fsp3) is 0. The molecule has 0 unspecified atom stereocenters. The number of nitrogens with zero attached hydrogens (tertiary/aromatic N) is 1. The number of amidine groups is 1. The van der Waals surface area contributed by atoms with Gasteiger partial charge in [0.05, 0.1) is 0 Å². The van der Waals surface area contributed by atoms with Crippen molar-refractivity contribution >= 4 is 5.84 Å². The average molecular weight is 112 g/mol. The Morgan fingerprint density at radius 3 is 2.38 bits per heavy atom. The van der Waals surface area contributed by atoms with Gasteiger partial charge in [-0.2, -0.15) is 0 Å². The van der Waals surface area contributed by atoms with Gasteiger partial charge in [0.25, 0.3) is 0 Å². The molecule has 8 heavy (non-hydrogen) atoms. The van der Waals surface area contributed by atoms with Crippen molar-refractivity contribution in [2.45, 2.75) is 0 Å². The van der Waals surface area contributed by atoms with Gasteiger partial charge in [-0.15, -0.1) is 0 Å². The standard InChI is InChI=1S/C5H8N2O/c1-3-4(2)5(6)7-8/h3,8H,1-2H2,(H2,6,7). The van der Waals surface area contributed by atoms with Crippen molar-refractivity contribution in [1.82, 2.24) is 0 Å². The van der Waals surface area contributed by atoms with Crippen LogP contribution in [0.15, 0.2) is 30.0 Å². The van der Waals surface area contributed by atoms with Crippen LogP contribution in [-0.2, 0) is 0 Å². The van der Waals surface area contributed by atoms with E-state index in [-0.39, 0.29) is 5.84 Å². The predicted octanol–water partition coefficient (Wildman–Crippen LogP) is 0.475. The van der Waals surface area contributed by atoms with Gasteiger partial charge < -0.3 is 10.9 Å². The van der Waals surface area contributed by atoms with Crippen LogP contribution in [0.3, 0.4) is 0 Å². The fourth-order valence-electron chi connectivity index (χ4n) is 0.169. The van der Waals surface area contributed by atoms with Gasteiger partial charge in [0, 0.05) is 5.57 Å². The van der Waals surface area contributed by atoms with E-state index in [1.807, 2.05) is 0 Å². The topological polar surface area (TPSA) is 58.6 Å². The minimum Gasteiger partial charge on any atom is -0.409 e. The molecule has 0 bridgehead atoms. The van der Waals surface area contributed by atoms with Crippen molar-refractivity contribution in [3.05, 3.63) is 24.8 Å². The first-order valence-corrected chi connectivity index (χ1v) is 2.01. The lowest BCUT2D eigenvalue weighted by atomic mass is 10.3. The van der Waals surface area contributed by atoms with Crippen molar-refractivity contribution in [3.8, 4) is 0 Å². The van der Waals surface area contributed by atoms with Gasteiger partial charge in [-0.05, 0) is 0 Å². The Balaban J connectivity index is 4.03. The number of hydrogen-bond donors (Lipinski definition) is 2. The van der Waals surface area contributed by atoms with E-state index in [1.165, 1.54) is 6.08 Å². The summed E-state index contributed by atoms with van der Waals surface area (Å²) in [6, 6.07) is 0. The highest BCUT2D eigenvalue weighted by molar-refractivity contribution is 5.98. The molecular formula is C5H8N2O. The first kappa shape index (κ1) is 6.75. The maximum absolute atomic E-state index is 7.99. The van der Waals surface area contributed by atoms with Gasteiger partial charge >= 0.3 is 0 Å². The lowest BCUT2D eigenvalue weighted by Gasteiger charge is -1.91. The second-order valence-electron chi connectivity index (χ2n) is 1.21. The predicted molar refractivity (Wildman–Crippen MR) is 32.7 cm³/mol. The van der Waals surface area contributed by atoms with E-state index in [1.54, 1.807) is 0 Å². The van der Waals surface area contributed by atoms with Crippen LogP contribution in [0, 0.1) is 0 Å². The van der Waals surface area contributed by atoms with E-state index < -0.39 is 0 Å². The zero-order chi connectivity index (χ0) is 6.57. The Kier molecular flexibility index (Phi) is 2.40. The molecule has 0 aromatic heterocycles. The second kappa shape index (κ2) is 2.85. The van der Waals surface area contributed by atoms with Crippen LogP contribution >= 0.6 is 0 Å². The third-order valence-electron chi connectivity index (χ3n) is 0.683. The molecule has 0 heterocycles. The van der Waals surface area contributed by atoms with Crippen LogP contribution in [0.25, 0.3) is 0 Å². The van der Waals surface area contributed by atoms with Crippen LogP contribution in [0.1, 0.15) is 0 Å². The molecule has 44 valence electrons. The summed E-state index contributed by atoms with van der Waals surface area (Å²) in [6.45, 7) is 6.77. The molecule has 0 aliphatic heterocycles. The van der Waals surface area contributed by atoms with Crippen LogP contribution in [0.2, 0.25) is 0 Å². The van der Waals surface area contributed by atoms with Gasteiger partial charge in [-0.3, -0.25) is 0 Å². The van der Waals surface area contributed by atoms with Crippen molar-refractivity contribution in [1.29, 1.82) is 0 Å². The number of hydrogen-bond acceptors (Lipinski definition) is 2. The highest BCUT2D eigenvalue weighted by Gasteiger charge is 1.90. The fourth-order valence-corrected chi connectivity index (χ4v) is 0.169. The maximum Gasteiger partial charge on any atom is 0.169 e. The van der Waals surface area contributed by atoms with E-state index in [2.05, 4.69) is 18.3 Å². The first-order valence-electron chi connectivity index (χ1n) is 2.01. The summed E-state index contributed by atoms with van der Waals surface area (Å²) in [4.78, 5) is 0. The summed E-state index contributed by atoms with van der Waals surface area (Å²) in [5, 5.41) is 10.7. The molecule has 0 aliphatic carbocycles. The van der Waals surface area contributed by atoms with Crippen LogP contribution < -0.4 is 5.73 Å². The normalized spacial score (nSPS) is 10.8. The summed E-state index contributed by atoms with van der Waals surface area (Å²) in [5.41, 5.74) is 5.48. The highest BCUT2D eigenvalue weighted by atomic mass is 16.4. The highest BCUT2D eigenvalue weighted by Crippen LogP contribution is 1.87. The lowest BCUT2D eigenvalue weighted by molar-refractivity contribution is 0.318. The molecule has 0 aromatic rings. The zero-order valence-electron chi connectivity index (χ0n) is 4.46. The molecule has 0 aromatic carbocycles. The van der Waals surface area contributed by atoms with Crippen molar-refractivity contribution < 1.29 is 5.21 Å². The molecule has 0 amide bonds. The van der Waals surface area contributed by atoms with Crippen LogP contribution in [0.4, 0.5) is 0 Å². The summed E-state index contributed by atoms with van der Waals surface area (Å²) in [5.74, 6) is 0.000000000000000222. The molecule has 0 radical (unpaired) electrons. The van der Waals surface area contributed by atoms with Crippen molar-refractivity contribution in [2.75, 3.05) is 0 Å². The molecule has 3 nitrogen and oxygen atoms in total. The number of rotatable bonds is 2. The van der Waals surface area contributed by atoms with Gasteiger partial charge in [0.2, 0.25) is 0 Å². The largest absolute Gasteiger partial charge is 0.409 e. The van der Waals surface area contributed by atoms with Gasteiger partial charge in [-0.25, -0.2) is 0 Å². The maximum atomic E-state index is 7.99. The van der Waals surface area contributed by atoms with Gasteiger partial charge in [0.1, 0.15) is 0 Å². The van der Waals surface area contributed by atoms with E-state index >= 15 is 0 Å². The smallest absolute Gasteiger partial charge is 0.169 e. The van der Waals surface area contributed by atoms with Crippen LogP contribution in [-0.4, -0.2) is 11.0 Å². The molecule has 3 heteroatoms. The molecule has 0 saturated carbocycles. The van der Waals surface area contributed by atoms with Gasteiger partial charge in [0.15, 0.2) is 5.84 Å². The summed E-state index contributed by atoms with van der Waals surface area (Å²) in [6.07, 6.45) is 1.41. The summed E-state index contributed by atoms with van der Waals surface area (Å²) >= 11 is 0. The molecule has 0 spiro atoms. The molecule has 3 N–H and O–H groups in total. The molecule has 0 saturated heterocycles. The summed E-state index contributed by atoms with van der Waals surface area (Å²) < 4.78 is 0. The van der Waals surface area contributed by atoms with E-state index in [0.717, 1.165) is 0 Å². The molecule has 0 aliphatic rings. The van der Waals surface area contributed by atoms with Crippen LogP contribution in [0.5, 0.6) is 0 Å². The zero-order valence-corrected chi connectivity index (χ0v) is 4.46. The lowest BCUT2D eigenvalue weighted by Crippen LogP contribution is -2.11.